The monoisotopic (exact) mass is 228 g/mol. The van der Waals surface area contributed by atoms with Crippen LogP contribution in [0.4, 0.5) is 5.82 Å². The zero-order chi connectivity index (χ0) is 11.9. The first-order chi connectivity index (χ1) is 8.38. The number of hydrogen-bond donors (Lipinski definition) is 2. The van der Waals surface area contributed by atoms with E-state index in [0.717, 1.165) is 17.9 Å². The Labute approximate surface area is 101 Å². The number of aromatic nitrogens is 1. The zero-order valence-electron chi connectivity index (χ0n) is 9.63. The molecule has 0 amide bonds. The summed E-state index contributed by atoms with van der Waals surface area (Å²) >= 11 is 0. The topological polar surface area (TPSA) is 45.1 Å². The second-order valence-electron chi connectivity index (χ2n) is 3.86. The summed E-state index contributed by atoms with van der Waals surface area (Å²) in [6.07, 6.45) is 2.45. The molecule has 2 N–H and O–H groups in total. The summed E-state index contributed by atoms with van der Waals surface area (Å²) < 4.78 is 0. The molecule has 17 heavy (non-hydrogen) atoms. The molecule has 0 spiro atoms. The predicted molar refractivity (Wildman–Crippen MR) is 68.8 cm³/mol. The third kappa shape index (κ3) is 3.57. The van der Waals surface area contributed by atoms with Crippen molar-refractivity contribution < 1.29 is 5.11 Å². The molecule has 0 aliphatic heterocycles. The molecule has 0 atom stereocenters. The van der Waals surface area contributed by atoms with E-state index in [0.29, 0.717) is 6.42 Å². The Balaban J connectivity index is 1.91. The molecule has 3 heteroatoms. The van der Waals surface area contributed by atoms with Gasteiger partial charge in [0.1, 0.15) is 5.82 Å². The van der Waals surface area contributed by atoms with Crippen LogP contribution < -0.4 is 5.32 Å². The molecule has 1 aromatic heterocycles. The summed E-state index contributed by atoms with van der Waals surface area (Å²) in [7, 11) is 0. The van der Waals surface area contributed by atoms with Crippen molar-refractivity contribution in [1.82, 2.24) is 4.98 Å². The van der Waals surface area contributed by atoms with Gasteiger partial charge in [-0.1, -0.05) is 36.4 Å². The maximum atomic E-state index is 8.80. The van der Waals surface area contributed by atoms with E-state index < -0.39 is 0 Å². The average Bonchev–Trinajstić information content (AvgIpc) is 2.40. The fourth-order valence-electron chi connectivity index (χ4n) is 1.59. The molecule has 88 valence electrons. The highest BCUT2D eigenvalue weighted by molar-refractivity contribution is 5.36. The maximum Gasteiger partial charge on any atom is 0.126 e. The van der Waals surface area contributed by atoms with E-state index in [1.807, 2.05) is 30.3 Å². The highest BCUT2D eigenvalue weighted by Crippen LogP contribution is 2.07. The van der Waals surface area contributed by atoms with Gasteiger partial charge in [0, 0.05) is 19.3 Å². The molecule has 2 rings (SSSR count). The number of pyridine rings is 1. The SMILES string of the molecule is OCCc1ccc(NCc2ccccc2)nc1. The third-order valence-electron chi connectivity index (χ3n) is 2.54. The Kier molecular flexibility index (Phi) is 4.11. The zero-order valence-corrected chi connectivity index (χ0v) is 9.63. The van der Waals surface area contributed by atoms with Gasteiger partial charge >= 0.3 is 0 Å². The number of hydrogen-bond acceptors (Lipinski definition) is 3. The third-order valence-corrected chi connectivity index (χ3v) is 2.54. The Morgan fingerprint density at radius 3 is 2.47 bits per heavy atom. The van der Waals surface area contributed by atoms with Gasteiger partial charge in [-0.05, 0) is 23.6 Å². The lowest BCUT2D eigenvalue weighted by atomic mass is 10.2. The van der Waals surface area contributed by atoms with E-state index in [1.165, 1.54) is 5.56 Å². The Morgan fingerprint density at radius 1 is 1.00 bits per heavy atom. The summed E-state index contributed by atoms with van der Waals surface area (Å²) in [6, 6.07) is 14.1. The maximum absolute atomic E-state index is 8.80. The molecule has 1 aromatic carbocycles. The summed E-state index contributed by atoms with van der Waals surface area (Å²) in [5, 5.41) is 12.1. The highest BCUT2D eigenvalue weighted by Gasteiger charge is 1.96. The van der Waals surface area contributed by atoms with E-state index in [2.05, 4.69) is 22.4 Å². The molecular formula is C14H16N2O. The van der Waals surface area contributed by atoms with Crippen molar-refractivity contribution in [3.05, 3.63) is 59.8 Å². The predicted octanol–water partition coefficient (Wildman–Crippen LogP) is 2.23. The van der Waals surface area contributed by atoms with Gasteiger partial charge in [-0.2, -0.15) is 0 Å². The van der Waals surface area contributed by atoms with Crippen molar-refractivity contribution in [1.29, 1.82) is 0 Å². The van der Waals surface area contributed by atoms with Crippen molar-refractivity contribution >= 4 is 5.82 Å². The minimum Gasteiger partial charge on any atom is -0.396 e. The molecule has 2 aromatic rings. The molecule has 0 unspecified atom stereocenters. The normalized spacial score (nSPS) is 10.2. The summed E-state index contributed by atoms with van der Waals surface area (Å²) in [5.74, 6) is 0.857. The van der Waals surface area contributed by atoms with Crippen LogP contribution in [-0.4, -0.2) is 16.7 Å². The average molecular weight is 228 g/mol. The van der Waals surface area contributed by atoms with Crippen molar-refractivity contribution in [2.24, 2.45) is 0 Å². The van der Waals surface area contributed by atoms with Crippen LogP contribution in [-0.2, 0) is 13.0 Å². The number of nitrogens with zero attached hydrogens (tertiary/aromatic N) is 1. The van der Waals surface area contributed by atoms with E-state index in [1.54, 1.807) is 6.20 Å². The number of anilines is 1. The molecule has 0 aliphatic rings. The van der Waals surface area contributed by atoms with Crippen LogP contribution >= 0.6 is 0 Å². The highest BCUT2D eigenvalue weighted by atomic mass is 16.2. The van der Waals surface area contributed by atoms with Gasteiger partial charge in [-0.25, -0.2) is 4.98 Å². The summed E-state index contributed by atoms with van der Waals surface area (Å²) in [5.41, 5.74) is 2.28. The Bertz CT molecular complexity index is 440. The second-order valence-corrected chi connectivity index (χ2v) is 3.86. The van der Waals surface area contributed by atoms with E-state index in [-0.39, 0.29) is 6.61 Å². The fraction of sp³-hybridized carbons (Fsp3) is 0.214. The van der Waals surface area contributed by atoms with Gasteiger partial charge < -0.3 is 10.4 Å². The van der Waals surface area contributed by atoms with E-state index >= 15 is 0 Å². The Hall–Kier alpha value is -1.87. The van der Waals surface area contributed by atoms with Crippen molar-refractivity contribution in [3.8, 4) is 0 Å². The smallest absolute Gasteiger partial charge is 0.126 e. The second kappa shape index (κ2) is 6.01. The van der Waals surface area contributed by atoms with E-state index in [9.17, 15) is 0 Å². The lowest BCUT2D eigenvalue weighted by Crippen LogP contribution is -2.01. The van der Waals surface area contributed by atoms with Crippen molar-refractivity contribution in [2.75, 3.05) is 11.9 Å². The molecule has 0 bridgehead atoms. The van der Waals surface area contributed by atoms with Crippen LogP contribution in [0.1, 0.15) is 11.1 Å². The molecule has 0 saturated carbocycles. The molecule has 0 fully saturated rings. The van der Waals surface area contributed by atoms with Gasteiger partial charge in [0.05, 0.1) is 0 Å². The largest absolute Gasteiger partial charge is 0.396 e. The first kappa shape index (κ1) is 11.6. The van der Waals surface area contributed by atoms with Crippen molar-refractivity contribution in [3.63, 3.8) is 0 Å². The molecule has 0 saturated heterocycles. The number of aliphatic hydroxyl groups is 1. The minimum absolute atomic E-state index is 0.165. The standard InChI is InChI=1S/C14H16N2O/c17-9-8-13-6-7-14(16-11-13)15-10-12-4-2-1-3-5-12/h1-7,11,17H,8-10H2,(H,15,16). The van der Waals surface area contributed by atoms with E-state index in [4.69, 9.17) is 5.11 Å². The van der Waals surface area contributed by atoms with Crippen LogP contribution in [0, 0.1) is 0 Å². The van der Waals surface area contributed by atoms with Crippen LogP contribution in [0.25, 0.3) is 0 Å². The molecule has 0 radical (unpaired) electrons. The number of benzene rings is 1. The van der Waals surface area contributed by atoms with Gasteiger partial charge in [0.15, 0.2) is 0 Å². The minimum atomic E-state index is 0.165. The lowest BCUT2D eigenvalue weighted by Gasteiger charge is -2.06. The van der Waals surface area contributed by atoms with Crippen molar-refractivity contribution in [2.45, 2.75) is 13.0 Å². The van der Waals surface area contributed by atoms with Gasteiger partial charge in [0.25, 0.3) is 0 Å². The lowest BCUT2D eigenvalue weighted by molar-refractivity contribution is 0.299. The molecule has 3 nitrogen and oxygen atoms in total. The first-order valence-corrected chi connectivity index (χ1v) is 5.72. The van der Waals surface area contributed by atoms with Crippen LogP contribution in [0.15, 0.2) is 48.7 Å². The number of rotatable bonds is 5. The number of nitrogens with one attached hydrogen (secondary N) is 1. The first-order valence-electron chi connectivity index (χ1n) is 5.72. The molecule has 1 heterocycles. The molecule has 0 aliphatic carbocycles. The fourth-order valence-corrected chi connectivity index (χ4v) is 1.59. The quantitative estimate of drug-likeness (QED) is 0.825. The van der Waals surface area contributed by atoms with Crippen LogP contribution in [0.5, 0.6) is 0 Å². The summed E-state index contributed by atoms with van der Waals surface area (Å²) in [6.45, 7) is 0.936. The molecular weight excluding hydrogens is 212 g/mol. The summed E-state index contributed by atoms with van der Waals surface area (Å²) in [4.78, 5) is 4.29. The van der Waals surface area contributed by atoms with Gasteiger partial charge in [-0.15, -0.1) is 0 Å². The van der Waals surface area contributed by atoms with Gasteiger partial charge in [0.2, 0.25) is 0 Å². The van der Waals surface area contributed by atoms with Gasteiger partial charge in [-0.3, -0.25) is 0 Å². The Morgan fingerprint density at radius 2 is 1.82 bits per heavy atom. The number of aliphatic hydroxyl groups excluding tert-OH is 1. The van der Waals surface area contributed by atoms with Crippen LogP contribution in [0.3, 0.4) is 0 Å². The van der Waals surface area contributed by atoms with Crippen LogP contribution in [0.2, 0.25) is 0 Å².